The van der Waals surface area contributed by atoms with Crippen molar-refractivity contribution < 1.29 is 14.3 Å². The predicted molar refractivity (Wildman–Crippen MR) is 138 cm³/mol. The molecule has 0 atom stereocenters. The minimum absolute atomic E-state index is 0.0330. The molecule has 5 rings (SSSR count). The third kappa shape index (κ3) is 3.71. The van der Waals surface area contributed by atoms with Crippen LogP contribution in [0.25, 0.3) is 16.0 Å². The molecule has 35 heavy (non-hydrogen) atoms. The first-order chi connectivity index (χ1) is 17.0. The Morgan fingerprint density at radius 1 is 1.09 bits per heavy atom. The number of ketones is 1. The Balaban J connectivity index is 1.66. The van der Waals surface area contributed by atoms with Crippen LogP contribution in [0.1, 0.15) is 29.2 Å². The van der Waals surface area contributed by atoms with Crippen LogP contribution in [0.15, 0.2) is 75.8 Å². The molecular formula is C26H20N4O3S2. The number of nitriles is 1. The van der Waals surface area contributed by atoms with Gasteiger partial charge in [-0.25, -0.2) is 9.78 Å². The Labute approximate surface area is 209 Å². The Bertz CT molecular complexity index is 1610. The van der Waals surface area contributed by atoms with E-state index < -0.39 is 11.8 Å². The Kier molecular flexibility index (Phi) is 5.93. The van der Waals surface area contributed by atoms with Crippen LogP contribution in [0, 0.1) is 18.3 Å². The summed E-state index contributed by atoms with van der Waals surface area (Å²) in [5.74, 6) is -0.876. The monoisotopic (exact) mass is 500 g/mol. The Morgan fingerprint density at radius 3 is 2.51 bits per heavy atom. The number of esters is 1. The molecule has 0 saturated carbocycles. The van der Waals surface area contributed by atoms with Gasteiger partial charge < -0.3 is 9.64 Å². The molecule has 0 fully saturated rings. The quantitative estimate of drug-likeness (QED) is 0.148. The molecule has 0 unspecified atom stereocenters. The molecule has 0 saturated heterocycles. The zero-order valence-electron chi connectivity index (χ0n) is 19.2. The molecule has 0 bridgehead atoms. The Morgan fingerprint density at radius 2 is 1.80 bits per heavy atom. The number of thiazole rings is 1. The number of benzene rings is 2. The van der Waals surface area contributed by atoms with Crippen LogP contribution in [0.2, 0.25) is 0 Å². The zero-order valence-corrected chi connectivity index (χ0v) is 20.9. The second-order valence-electron chi connectivity index (χ2n) is 7.76. The Hall–Kier alpha value is -3.87. The molecule has 7 nitrogen and oxygen atoms in total. The van der Waals surface area contributed by atoms with Gasteiger partial charge in [0.15, 0.2) is 4.96 Å². The highest BCUT2D eigenvalue weighted by atomic mass is 32.2. The minimum atomic E-state index is -0.479. The van der Waals surface area contributed by atoms with Crippen LogP contribution < -0.4 is 4.90 Å². The summed E-state index contributed by atoms with van der Waals surface area (Å²) in [6.07, 6.45) is 0. The summed E-state index contributed by atoms with van der Waals surface area (Å²) < 4.78 is 7.17. The molecule has 174 valence electrons. The molecule has 1 aliphatic heterocycles. The van der Waals surface area contributed by atoms with Crippen LogP contribution in [0.4, 0.5) is 5.69 Å². The summed E-state index contributed by atoms with van der Waals surface area (Å²) in [6, 6.07) is 19.2. The summed E-state index contributed by atoms with van der Waals surface area (Å²) in [5, 5.41) is 10.6. The lowest BCUT2D eigenvalue weighted by molar-refractivity contribution is -0.137. The van der Waals surface area contributed by atoms with Crippen molar-refractivity contribution in [2.75, 3.05) is 11.5 Å². The van der Waals surface area contributed by atoms with Crippen LogP contribution >= 0.6 is 23.1 Å². The maximum Gasteiger partial charge on any atom is 0.346 e. The smallest absolute Gasteiger partial charge is 0.346 e. The summed E-state index contributed by atoms with van der Waals surface area (Å²) in [5.41, 5.74) is 3.80. The second kappa shape index (κ2) is 9.06. The molecule has 2 aromatic carbocycles. The van der Waals surface area contributed by atoms with Gasteiger partial charge in [-0.15, -0.1) is 0 Å². The van der Waals surface area contributed by atoms with Crippen LogP contribution in [0.5, 0.6) is 0 Å². The first-order valence-corrected chi connectivity index (χ1v) is 12.6. The number of aryl methyl sites for hydroxylation is 1. The predicted octanol–water partition coefficient (Wildman–Crippen LogP) is 5.82. The number of allylic oxidation sites excluding steroid dienone is 2. The van der Waals surface area contributed by atoms with E-state index in [0.29, 0.717) is 25.5 Å². The van der Waals surface area contributed by atoms with Gasteiger partial charge in [-0.05, 0) is 45.0 Å². The fourth-order valence-electron chi connectivity index (χ4n) is 4.09. The number of hydrogen-bond donors (Lipinski definition) is 0. The van der Waals surface area contributed by atoms with E-state index in [2.05, 4.69) is 11.1 Å². The maximum atomic E-state index is 13.8. The normalized spacial score (nSPS) is 15.1. The summed E-state index contributed by atoms with van der Waals surface area (Å²) in [4.78, 5) is 34.4. The van der Waals surface area contributed by atoms with Crippen molar-refractivity contribution in [2.24, 2.45) is 0 Å². The van der Waals surface area contributed by atoms with Gasteiger partial charge in [0.2, 0.25) is 5.78 Å². The SMILES string of the molecule is CCOC(=O)C1=C(C)N(c2ccccc2)/C(=C(/C#N)C(=O)c2sc3nc4ccccc4n3c2C)S1. The average molecular weight is 501 g/mol. The van der Waals surface area contributed by atoms with Crippen LogP contribution in [-0.4, -0.2) is 27.7 Å². The number of aromatic nitrogens is 2. The summed E-state index contributed by atoms with van der Waals surface area (Å²) in [6.45, 7) is 5.61. The van der Waals surface area contributed by atoms with Crippen molar-refractivity contribution >= 4 is 56.5 Å². The van der Waals surface area contributed by atoms with Crippen molar-refractivity contribution in [3.05, 3.63) is 86.4 Å². The lowest BCUT2D eigenvalue weighted by Gasteiger charge is -2.22. The van der Waals surface area contributed by atoms with Gasteiger partial charge in [-0.1, -0.05) is 53.4 Å². The fraction of sp³-hybridized carbons (Fsp3) is 0.154. The fourth-order valence-corrected chi connectivity index (χ4v) is 6.33. The van der Waals surface area contributed by atoms with E-state index >= 15 is 0 Å². The van der Waals surface area contributed by atoms with Crippen LogP contribution in [0.3, 0.4) is 0 Å². The molecule has 4 aromatic rings. The molecule has 0 radical (unpaired) electrons. The molecule has 0 spiro atoms. The summed E-state index contributed by atoms with van der Waals surface area (Å²) in [7, 11) is 0. The molecule has 1 aliphatic rings. The topological polar surface area (TPSA) is 87.7 Å². The van der Waals surface area contributed by atoms with Gasteiger partial charge in [-0.2, -0.15) is 5.26 Å². The van der Waals surface area contributed by atoms with E-state index in [1.54, 1.807) is 18.7 Å². The van der Waals surface area contributed by atoms with E-state index in [0.717, 1.165) is 34.2 Å². The number of nitrogens with zero attached hydrogens (tertiary/aromatic N) is 4. The number of fused-ring (bicyclic) bond motifs is 3. The molecular weight excluding hydrogens is 480 g/mol. The molecule has 0 N–H and O–H groups in total. The van der Waals surface area contributed by atoms with Gasteiger partial charge in [0.05, 0.1) is 22.5 Å². The largest absolute Gasteiger partial charge is 0.462 e. The van der Waals surface area contributed by atoms with E-state index in [4.69, 9.17) is 4.74 Å². The number of Topliss-reactive ketones (excluding diaryl/α,β-unsaturated/α-hetero) is 1. The van der Waals surface area contributed by atoms with Gasteiger partial charge in [-0.3, -0.25) is 9.20 Å². The first kappa shape index (κ1) is 22.9. The van der Waals surface area contributed by atoms with Crippen molar-refractivity contribution in [2.45, 2.75) is 20.8 Å². The highest BCUT2D eigenvalue weighted by molar-refractivity contribution is 8.08. The van der Waals surface area contributed by atoms with E-state index in [-0.39, 0.29) is 12.2 Å². The van der Waals surface area contributed by atoms with Gasteiger partial charge in [0, 0.05) is 17.1 Å². The highest BCUT2D eigenvalue weighted by Gasteiger charge is 2.36. The van der Waals surface area contributed by atoms with E-state index in [9.17, 15) is 14.9 Å². The standard InChI is InChI=1S/C26H20N4O3S2/c1-4-33-25(32)23-16(3)29(17-10-6-5-7-11-17)24(34-23)18(14-27)21(31)22-15(2)30-20-13-9-8-12-19(20)28-26(30)35-22/h5-13H,4H2,1-3H3/b24-18+. The maximum absolute atomic E-state index is 13.8. The lowest BCUT2D eigenvalue weighted by Crippen LogP contribution is -2.19. The third-order valence-electron chi connectivity index (χ3n) is 5.69. The second-order valence-corrected chi connectivity index (χ2v) is 9.74. The number of imidazole rings is 1. The van der Waals surface area contributed by atoms with Gasteiger partial charge in [0.1, 0.15) is 21.6 Å². The number of ether oxygens (including phenoxy) is 1. The third-order valence-corrected chi connectivity index (χ3v) is 8.08. The number of para-hydroxylation sites is 3. The average Bonchev–Trinajstić information content (AvgIpc) is 3.50. The van der Waals surface area contributed by atoms with Gasteiger partial charge >= 0.3 is 5.97 Å². The van der Waals surface area contributed by atoms with E-state index in [1.165, 1.54) is 11.3 Å². The molecule has 0 aliphatic carbocycles. The van der Waals surface area contributed by atoms with E-state index in [1.807, 2.05) is 65.9 Å². The number of rotatable bonds is 5. The van der Waals surface area contributed by atoms with Crippen LogP contribution in [-0.2, 0) is 9.53 Å². The zero-order chi connectivity index (χ0) is 24.7. The molecule has 0 amide bonds. The minimum Gasteiger partial charge on any atom is -0.462 e. The van der Waals surface area contributed by atoms with Crippen molar-refractivity contribution in [1.29, 1.82) is 5.26 Å². The molecule has 9 heteroatoms. The first-order valence-electron chi connectivity index (χ1n) is 10.9. The highest BCUT2D eigenvalue weighted by Crippen LogP contribution is 2.46. The lowest BCUT2D eigenvalue weighted by atomic mass is 10.1. The van der Waals surface area contributed by atoms with Gasteiger partial charge in [0.25, 0.3) is 0 Å². The number of hydrogen-bond acceptors (Lipinski definition) is 8. The van der Waals surface area contributed by atoms with Crippen molar-refractivity contribution in [3.8, 4) is 6.07 Å². The number of carbonyl (C=O) groups excluding carboxylic acids is 2. The number of thioether (sulfide) groups is 1. The molecule has 2 aromatic heterocycles. The van der Waals surface area contributed by atoms with Crippen molar-refractivity contribution in [3.63, 3.8) is 0 Å². The molecule has 3 heterocycles. The summed E-state index contributed by atoms with van der Waals surface area (Å²) >= 11 is 2.35. The number of anilines is 1. The number of carbonyl (C=O) groups is 2. The van der Waals surface area contributed by atoms with Crippen molar-refractivity contribution in [1.82, 2.24) is 9.38 Å².